The molecule has 5 nitrogen and oxygen atoms in total. The van der Waals surface area contributed by atoms with Crippen LogP contribution in [-0.2, 0) is 19.0 Å². The molecule has 1 aromatic rings. The molecule has 7 heteroatoms. The summed E-state index contributed by atoms with van der Waals surface area (Å²) in [5.74, 6) is 0.130. The summed E-state index contributed by atoms with van der Waals surface area (Å²) in [4.78, 5) is 13.9. The molecule has 0 fully saturated rings. The highest BCUT2D eigenvalue weighted by molar-refractivity contribution is 8.02. The summed E-state index contributed by atoms with van der Waals surface area (Å²) in [5.41, 5.74) is 1.17. The van der Waals surface area contributed by atoms with Gasteiger partial charge in [0.15, 0.2) is 6.29 Å². The molecule has 0 saturated heterocycles. The molecule has 0 aromatic carbocycles. The van der Waals surface area contributed by atoms with Crippen LogP contribution in [0.4, 0.5) is 0 Å². The van der Waals surface area contributed by atoms with Gasteiger partial charge in [-0.2, -0.15) is 0 Å². The lowest BCUT2D eigenvalue weighted by Gasteiger charge is -2.30. The van der Waals surface area contributed by atoms with E-state index in [9.17, 15) is 4.79 Å². The molecule has 1 aliphatic rings. The lowest BCUT2D eigenvalue weighted by atomic mass is 10.1. The Morgan fingerprint density at radius 1 is 1.50 bits per heavy atom. The number of carbonyl (C=O) groups is 1. The van der Waals surface area contributed by atoms with Crippen molar-refractivity contribution in [1.29, 1.82) is 0 Å². The molecular weight excluding hydrogens is 322 g/mol. The molecule has 124 valence electrons. The monoisotopic (exact) mass is 345 g/mol. The minimum Gasteiger partial charge on any atom is -0.368 e. The molecule has 2 rings (SSSR count). The smallest absolute Gasteiger partial charge is 0.235 e. The van der Waals surface area contributed by atoms with E-state index in [1.54, 1.807) is 49.2 Å². The largest absolute Gasteiger partial charge is 0.368 e. The van der Waals surface area contributed by atoms with E-state index in [2.05, 4.69) is 6.07 Å². The van der Waals surface area contributed by atoms with E-state index in [1.807, 2.05) is 12.3 Å². The van der Waals surface area contributed by atoms with Gasteiger partial charge in [-0.05, 0) is 24.8 Å². The van der Waals surface area contributed by atoms with E-state index in [0.29, 0.717) is 19.6 Å². The SMILES string of the molecule is CCOC(COC1CC(C(=O)N(C)C)Sc2sccc21)OC. The minimum atomic E-state index is -0.371. The number of thioether (sulfide) groups is 1. The van der Waals surface area contributed by atoms with Crippen LogP contribution in [0.3, 0.4) is 0 Å². The summed E-state index contributed by atoms with van der Waals surface area (Å²) in [6.07, 6.45) is 0.215. The second-order valence-corrected chi connectivity index (χ2v) is 7.57. The maximum atomic E-state index is 12.3. The van der Waals surface area contributed by atoms with E-state index >= 15 is 0 Å². The Morgan fingerprint density at radius 2 is 2.27 bits per heavy atom. The summed E-state index contributed by atoms with van der Waals surface area (Å²) in [6.45, 7) is 2.86. The van der Waals surface area contributed by atoms with Crippen LogP contribution in [-0.4, -0.2) is 56.8 Å². The average Bonchev–Trinajstić information content (AvgIpc) is 2.98. The first-order chi connectivity index (χ1) is 10.6. The first-order valence-corrected chi connectivity index (χ1v) is 9.04. The molecule has 0 radical (unpaired) electrons. The van der Waals surface area contributed by atoms with Crippen molar-refractivity contribution >= 4 is 29.0 Å². The van der Waals surface area contributed by atoms with Crippen LogP contribution in [0.25, 0.3) is 0 Å². The van der Waals surface area contributed by atoms with E-state index in [0.717, 1.165) is 0 Å². The quantitative estimate of drug-likeness (QED) is 0.711. The molecule has 0 saturated carbocycles. The summed E-state index contributed by atoms with van der Waals surface area (Å²) in [6, 6.07) is 2.08. The Hall–Kier alpha value is -0.600. The second-order valence-electron chi connectivity index (χ2n) is 5.18. The van der Waals surface area contributed by atoms with E-state index in [1.165, 1.54) is 9.77 Å². The van der Waals surface area contributed by atoms with Crippen LogP contribution < -0.4 is 0 Å². The second kappa shape index (κ2) is 8.31. The first-order valence-electron chi connectivity index (χ1n) is 7.28. The third-order valence-corrected chi connectivity index (χ3v) is 5.88. The Morgan fingerprint density at radius 3 is 2.91 bits per heavy atom. The van der Waals surface area contributed by atoms with Crippen molar-refractivity contribution in [2.24, 2.45) is 0 Å². The molecule has 3 unspecified atom stereocenters. The lowest BCUT2D eigenvalue weighted by molar-refractivity contribution is -0.166. The van der Waals surface area contributed by atoms with Crippen LogP contribution >= 0.6 is 23.1 Å². The molecular formula is C15H23NO4S2. The average molecular weight is 345 g/mol. The number of carbonyl (C=O) groups excluding carboxylic acids is 1. The third-order valence-electron chi connectivity index (χ3n) is 3.45. The highest BCUT2D eigenvalue weighted by Gasteiger charge is 2.34. The molecule has 0 bridgehead atoms. The third kappa shape index (κ3) is 4.23. The molecule has 1 aliphatic heterocycles. The number of hydrogen-bond donors (Lipinski definition) is 0. The van der Waals surface area contributed by atoms with Crippen molar-refractivity contribution in [1.82, 2.24) is 4.90 Å². The van der Waals surface area contributed by atoms with Gasteiger partial charge in [-0.3, -0.25) is 4.79 Å². The van der Waals surface area contributed by atoms with Crippen LogP contribution in [0.2, 0.25) is 0 Å². The number of hydrogen-bond acceptors (Lipinski definition) is 6. The molecule has 1 amide bonds. The van der Waals surface area contributed by atoms with Gasteiger partial charge >= 0.3 is 0 Å². The normalized spacial score (nSPS) is 22.2. The standard InChI is InChI=1S/C15H23NO4S2/c1-5-19-13(18-4)9-20-11-8-12(14(17)16(2)3)22-15-10(11)6-7-21-15/h6-7,11-13H,5,8-9H2,1-4H3. The molecule has 22 heavy (non-hydrogen) atoms. The molecule has 3 atom stereocenters. The number of methoxy groups -OCH3 is 1. The number of amides is 1. The molecule has 0 aliphatic carbocycles. The predicted molar refractivity (Wildman–Crippen MR) is 88.4 cm³/mol. The highest BCUT2D eigenvalue weighted by Crippen LogP contribution is 2.45. The highest BCUT2D eigenvalue weighted by atomic mass is 32.2. The van der Waals surface area contributed by atoms with Gasteiger partial charge in [0, 0.05) is 33.4 Å². The zero-order valence-electron chi connectivity index (χ0n) is 13.4. The lowest BCUT2D eigenvalue weighted by Crippen LogP contribution is -2.35. The zero-order valence-corrected chi connectivity index (χ0v) is 15.0. The number of fused-ring (bicyclic) bond motifs is 1. The van der Waals surface area contributed by atoms with Crippen LogP contribution in [0.15, 0.2) is 15.7 Å². The topological polar surface area (TPSA) is 48.0 Å². The maximum Gasteiger partial charge on any atom is 0.235 e. The van der Waals surface area contributed by atoms with Crippen molar-refractivity contribution in [3.8, 4) is 0 Å². The Balaban J connectivity index is 2.05. The fourth-order valence-corrected chi connectivity index (χ4v) is 4.89. The van der Waals surface area contributed by atoms with Crippen LogP contribution in [0, 0.1) is 0 Å². The van der Waals surface area contributed by atoms with Gasteiger partial charge in [0.05, 0.1) is 22.2 Å². The number of rotatable bonds is 7. The number of ether oxygens (including phenoxy) is 3. The van der Waals surface area contributed by atoms with E-state index < -0.39 is 0 Å². The Bertz CT molecular complexity index is 492. The first kappa shape index (κ1) is 17.7. The molecule has 0 N–H and O–H groups in total. The summed E-state index contributed by atoms with van der Waals surface area (Å²) >= 11 is 3.30. The van der Waals surface area contributed by atoms with E-state index in [-0.39, 0.29) is 23.6 Å². The van der Waals surface area contributed by atoms with Crippen molar-refractivity contribution in [3.63, 3.8) is 0 Å². The van der Waals surface area contributed by atoms with Crippen molar-refractivity contribution in [3.05, 3.63) is 17.0 Å². The molecule has 2 heterocycles. The Labute approximate surface area is 139 Å². The van der Waals surface area contributed by atoms with Gasteiger partial charge in [0.1, 0.15) is 0 Å². The molecule has 0 spiro atoms. The number of nitrogens with zero attached hydrogens (tertiary/aromatic N) is 1. The van der Waals surface area contributed by atoms with Gasteiger partial charge in [-0.15, -0.1) is 23.1 Å². The number of thiophene rings is 1. The minimum absolute atomic E-state index is 0.0884. The van der Waals surface area contributed by atoms with Gasteiger partial charge in [0.2, 0.25) is 5.91 Å². The van der Waals surface area contributed by atoms with Gasteiger partial charge in [-0.25, -0.2) is 0 Å². The fraction of sp³-hybridized carbons (Fsp3) is 0.667. The van der Waals surface area contributed by atoms with Gasteiger partial charge < -0.3 is 19.1 Å². The summed E-state index contributed by atoms with van der Waals surface area (Å²) < 4.78 is 17.9. The van der Waals surface area contributed by atoms with Gasteiger partial charge in [0.25, 0.3) is 0 Å². The molecule has 1 aromatic heterocycles. The van der Waals surface area contributed by atoms with Crippen LogP contribution in [0.5, 0.6) is 0 Å². The summed E-state index contributed by atoms with van der Waals surface area (Å²) in [5, 5.41) is 1.95. The zero-order chi connectivity index (χ0) is 16.1. The fourth-order valence-electron chi connectivity index (χ4n) is 2.30. The van der Waals surface area contributed by atoms with Crippen molar-refractivity contribution in [2.45, 2.75) is 35.2 Å². The van der Waals surface area contributed by atoms with Crippen molar-refractivity contribution < 1.29 is 19.0 Å². The maximum absolute atomic E-state index is 12.3. The van der Waals surface area contributed by atoms with Crippen LogP contribution in [0.1, 0.15) is 25.0 Å². The summed E-state index contributed by atoms with van der Waals surface area (Å²) in [7, 11) is 5.19. The predicted octanol–water partition coefficient (Wildman–Crippen LogP) is 2.77. The van der Waals surface area contributed by atoms with Gasteiger partial charge in [-0.1, -0.05) is 0 Å². The Kier molecular flexibility index (Phi) is 6.70. The van der Waals surface area contributed by atoms with Crippen molar-refractivity contribution in [2.75, 3.05) is 34.4 Å². The van der Waals surface area contributed by atoms with E-state index in [4.69, 9.17) is 14.2 Å².